The molecule has 0 N–H and O–H groups in total. The van der Waals surface area contributed by atoms with Gasteiger partial charge in [-0.05, 0) is 85.3 Å². The number of hydrogen-bond acceptors (Lipinski definition) is 2. The third-order valence-electron chi connectivity index (χ3n) is 9.00. The van der Waals surface area contributed by atoms with Gasteiger partial charge in [0.1, 0.15) is 0 Å². The van der Waals surface area contributed by atoms with Gasteiger partial charge in [0, 0.05) is 6.42 Å². The highest BCUT2D eigenvalue weighted by atomic mass is 79.9. The first-order valence-electron chi connectivity index (χ1n) is 12.1. The summed E-state index contributed by atoms with van der Waals surface area (Å²) in [6, 6.07) is 0. The van der Waals surface area contributed by atoms with E-state index in [4.69, 9.17) is 9.16 Å². The van der Waals surface area contributed by atoms with Crippen molar-refractivity contribution in [3.63, 3.8) is 0 Å². The smallest absolute Gasteiger partial charge is 0.193 e. The minimum Gasteiger partial charge on any atom is -0.408 e. The van der Waals surface area contributed by atoms with Gasteiger partial charge in [0.05, 0.1) is 18.3 Å². The van der Waals surface area contributed by atoms with E-state index >= 15 is 0 Å². The Bertz CT molecular complexity index is 679. The maximum absolute atomic E-state index is 6.76. The lowest BCUT2D eigenvalue weighted by Crippen LogP contribution is -2.47. The molecule has 4 heteroatoms. The Balaban J connectivity index is 1.55. The van der Waals surface area contributed by atoms with Crippen molar-refractivity contribution in [2.24, 2.45) is 23.2 Å². The van der Waals surface area contributed by atoms with E-state index in [1.54, 1.807) is 5.57 Å². The molecule has 0 amide bonds. The third-order valence-corrected chi connectivity index (χ3v) is 14.2. The molecular weight excluding hydrogens is 452 g/mol. The van der Waals surface area contributed by atoms with Crippen LogP contribution in [0.5, 0.6) is 0 Å². The van der Waals surface area contributed by atoms with Gasteiger partial charge < -0.3 is 9.16 Å². The van der Waals surface area contributed by atoms with E-state index in [1.807, 2.05) is 0 Å². The Hall–Kier alpha value is 0.0969. The second kappa shape index (κ2) is 8.80. The number of hydrogen-bond donors (Lipinski definition) is 0. The number of fused-ring (bicyclic) bond motifs is 1. The molecule has 3 aliphatic rings. The molecule has 0 aromatic heterocycles. The average molecular weight is 498 g/mol. The van der Waals surface area contributed by atoms with E-state index in [1.165, 1.54) is 32.1 Å². The first-order valence-corrected chi connectivity index (χ1v) is 15.9. The van der Waals surface area contributed by atoms with Crippen LogP contribution in [0, 0.1) is 23.2 Å². The van der Waals surface area contributed by atoms with E-state index < -0.39 is 8.32 Å². The van der Waals surface area contributed by atoms with Crippen LogP contribution in [0.15, 0.2) is 22.7 Å². The van der Waals surface area contributed by atoms with Crippen LogP contribution in [0.4, 0.5) is 0 Å². The second-order valence-corrected chi connectivity index (χ2v) is 17.5. The fourth-order valence-electron chi connectivity index (χ4n) is 6.31. The molecule has 1 unspecified atom stereocenters. The van der Waals surface area contributed by atoms with Gasteiger partial charge in [-0.25, -0.2) is 0 Å². The van der Waals surface area contributed by atoms with Crippen molar-refractivity contribution in [1.82, 2.24) is 0 Å². The van der Waals surface area contributed by atoms with Crippen molar-refractivity contribution < 1.29 is 9.16 Å². The van der Waals surface area contributed by atoms with Crippen LogP contribution in [0.3, 0.4) is 0 Å². The zero-order chi connectivity index (χ0) is 22.4. The van der Waals surface area contributed by atoms with Crippen LogP contribution >= 0.6 is 15.9 Å². The third kappa shape index (κ3) is 4.87. The van der Waals surface area contributed by atoms with Crippen molar-refractivity contribution in [1.29, 1.82) is 0 Å². The van der Waals surface area contributed by atoms with Gasteiger partial charge in [0.25, 0.3) is 0 Å². The van der Waals surface area contributed by atoms with Crippen LogP contribution in [-0.2, 0) is 9.16 Å². The Kier molecular flexibility index (Phi) is 7.25. The maximum Gasteiger partial charge on any atom is 0.193 e. The Labute approximate surface area is 195 Å². The molecule has 0 radical (unpaired) electrons. The lowest BCUT2D eigenvalue weighted by atomic mass is 9.61. The normalized spacial score (nSPS) is 39.5. The van der Waals surface area contributed by atoms with Gasteiger partial charge in [-0.2, -0.15) is 0 Å². The topological polar surface area (TPSA) is 18.5 Å². The van der Waals surface area contributed by atoms with Crippen molar-refractivity contribution in [3.05, 3.63) is 22.7 Å². The minimum absolute atomic E-state index is 0.180. The number of rotatable bonds is 6. The van der Waals surface area contributed by atoms with Crippen LogP contribution in [0.1, 0.15) is 80.1 Å². The monoisotopic (exact) mass is 496 g/mol. The zero-order valence-electron chi connectivity index (χ0n) is 20.7. The summed E-state index contributed by atoms with van der Waals surface area (Å²) < 4.78 is 13.2. The van der Waals surface area contributed by atoms with Crippen LogP contribution < -0.4 is 0 Å². The molecule has 3 aliphatic carbocycles. The van der Waals surface area contributed by atoms with Gasteiger partial charge in [0.15, 0.2) is 8.32 Å². The summed E-state index contributed by atoms with van der Waals surface area (Å²) in [7, 11) is -1.79. The first kappa shape index (κ1) is 24.7. The van der Waals surface area contributed by atoms with Crippen molar-refractivity contribution in [3.8, 4) is 0 Å². The molecule has 6 atom stereocenters. The molecule has 0 aliphatic heterocycles. The number of ether oxygens (including phenoxy) is 1. The first-order chi connectivity index (χ1) is 13.8. The number of allylic oxidation sites excluding steroid dienone is 1. The molecule has 30 heavy (non-hydrogen) atoms. The molecular formula is C26H45BrO2Si. The van der Waals surface area contributed by atoms with Gasteiger partial charge in [0.2, 0.25) is 0 Å². The van der Waals surface area contributed by atoms with E-state index in [0.29, 0.717) is 11.3 Å². The predicted octanol–water partition coefficient (Wildman–Crippen LogP) is 8.24. The van der Waals surface area contributed by atoms with Crippen LogP contribution in [0.25, 0.3) is 0 Å². The summed E-state index contributed by atoms with van der Waals surface area (Å²) >= 11 is 3.64. The van der Waals surface area contributed by atoms with E-state index in [9.17, 15) is 0 Å². The summed E-state index contributed by atoms with van der Waals surface area (Å²) in [5.74, 6) is 2.15. The zero-order valence-corrected chi connectivity index (χ0v) is 23.3. The van der Waals surface area contributed by atoms with E-state index in [0.717, 1.165) is 24.9 Å². The minimum atomic E-state index is -1.79. The van der Waals surface area contributed by atoms with Gasteiger partial charge >= 0.3 is 0 Å². The van der Waals surface area contributed by atoms with Crippen LogP contribution in [0.2, 0.25) is 18.1 Å². The van der Waals surface area contributed by atoms with Crippen molar-refractivity contribution >= 4 is 24.2 Å². The fraction of sp³-hybridized carbons (Fsp3) is 0.846. The summed E-state index contributed by atoms with van der Waals surface area (Å²) in [6.45, 7) is 19.7. The Morgan fingerprint density at radius 2 is 1.97 bits per heavy atom. The largest absolute Gasteiger partial charge is 0.408 e. The SMILES string of the molecule is C[C@@H](CO[C@H]1C=C[C@@](C)(O[Si](C)(C)C(C)(C)C)C1)[C@H]1CCC2/C(=C/Br)CCC[C@@]21C. The Morgan fingerprint density at radius 1 is 1.27 bits per heavy atom. The summed E-state index contributed by atoms with van der Waals surface area (Å²) in [6.07, 6.45) is 12.4. The van der Waals surface area contributed by atoms with Crippen LogP contribution in [-0.4, -0.2) is 26.6 Å². The Morgan fingerprint density at radius 3 is 2.60 bits per heavy atom. The van der Waals surface area contributed by atoms with Gasteiger partial charge in [-0.3, -0.25) is 0 Å². The highest BCUT2D eigenvalue weighted by molar-refractivity contribution is 9.11. The molecule has 0 saturated heterocycles. The van der Waals surface area contributed by atoms with Crippen molar-refractivity contribution in [2.75, 3.05) is 6.61 Å². The second-order valence-electron chi connectivity index (χ2n) is 12.4. The fourth-order valence-corrected chi connectivity index (χ4v) is 8.48. The molecule has 0 heterocycles. The molecule has 2 fully saturated rings. The molecule has 3 rings (SSSR count). The van der Waals surface area contributed by atoms with Crippen molar-refractivity contribution in [2.45, 2.75) is 110 Å². The molecule has 172 valence electrons. The molecule has 0 bridgehead atoms. The van der Waals surface area contributed by atoms with E-state index in [-0.39, 0.29) is 16.7 Å². The molecule has 0 aromatic rings. The summed E-state index contributed by atoms with van der Waals surface area (Å²) in [4.78, 5) is 2.23. The molecule has 0 aromatic carbocycles. The average Bonchev–Trinajstić information content (AvgIpc) is 3.17. The summed E-state index contributed by atoms with van der Waals surface area (Å²) in [5.41, 5.74) is 1.92. The standard InChI is InChI=1S/C26H45BrO2Si/c1-19(22-11-12-23-20(17-27)10-9-14-26(22,23)6)18-28-21-13-15-25(5,16-21)29-30(7,8)24(2,3)4/h13,15,17,19,21-23H,9-12,14,16,18H2,1-8H3/b20-17+/t19-,21-,22+,23?,25+,26+/m0/s1. The maximum atomic E-state index is 6.76. The quantitative estimate of drug-likeness (QED) is 0.272. The van der Waals surface area contributed by atoms with Gasteiger partial charge in [-0.1, -0.05) is 68.3 Å². The summed E-state index contributed by atoms with van der Waals surface area (Å²) in [5, 5.41) is 0.230. The molecule has 2 saturated carbocycles. The predicted molar refractivity (Wildman–Crippen MR) is 135 cm³/mol. The lowest BCUT2D eigenvalue weighted by Gasteiger charge is -2.44. The van der Waals surface area contributed by atoms with Gasteiger partial charge in [-0.15, -0.1) is 0 Å². The highest BCUT2D eigenvalue weighted by Gasteiger charge is 2.51. The lowest BCUT2D eigenvalue weighted by molar-refractivity contribution is -0.00555. The molecule has 0 spiro atoms. The number of halogens is 1. The van der Waals surface area contributed by atoms with E-state index in [2.05, 4.69) is 87.7 Å². The molecule has 2 nitrogen and oxygen atoms in total. The highest BCUT2D eigenvalue weighted by Crippen LogP contribution is 2.59.